The zero-order valence-corrected chi connectivity index (χ0v) is 30.3. The lowest BCUT2D eigenvalue weighted by molar-refractivity contribution is -0.144. The number of fused-ring (bicyclic) bond motifs is 2. The number of ketones is 1. The Morgan fingerprint density at radius 3 is 2.31 bits per heavy atom. The molecule has 1 aliphatic heterocycles. The van der Waals surface area contributed by atoms with Gasteiger partial charge in [0, 0.05) is 26.1 Å². The fraction of sp³-hybridized carbons (Fsp3) is 0.579. The van der Waals surface area contributed by atoms with Crippen LogP contribution in [-0.2, 0) is 36.8 Å². The van der Waals surface area contributed by atoms with Gasteiger partial charge in [0.15, 0.2) is 0 Å². The van der Waals surface area contributed by atoms with Crippen LogP contribution in [0.15, 0.2) is 36.9 Å². The molecule has 1 aromatic rings. The number of urea groups is 1. The molecule has 0 radical (unpaired) electrons. The highest BCUT2D eigenvalue weighted by molar-refractivity contribution is 6.38. The van der Waals surface area contributed by atoms with Gasteiger partial charge in [0.05, 0.1) is 12.1 Å². The SMILES string of the molecule is C#CCCC(NC(=O)[C@@H]1[C@H]2C(C)[C@H]2CN1C(=O)C(NC(=O)N[C@H](COC(=O)NCC)C(C)(C)C)C1Cc2ccccc2C1)C(=O)C(=O)NCC=C. The second-order valence-corrected chi connectivity index (χ2v) is 14.8. The molecule has 2 fully saturated rings. The minimum atomic E-state index is -1.18. The van der Waals surface area contributed by atoms with Crippen LogP contribution in [0.3, 0.4) is 0 Å². The number of rotatable bonds is 15. The number of terminal acetylenes is 1. The summed E-state index contributed by atoms with van der Waals surface area (Å²) >= 11 is 0. The molecule has 0 spiro atoms. The Bertz CT molecular complexity index is 1520. The molecule has 1 aromatic carbocycles. The zero-order chi connectivity index (χ0) is 37.5. The van der Waals surface area contributed by atoms with E-state index in [2.05, 4.69) is 39.1 Å². The maximum absolute atomic E-state index is 14.7. The molecule has 0 bridgehead atoms. The third kappa shape index (κ3) is 9.48. The Kier molecular flexibility index (Phi) is 12.9. The van der Waals surface area contributed by atoms with Crippen molar-refractivity contribution in [1.82, 2.24) is 31.5 Å². The molecule has 7 atom stereocenters. The van der Waals surface area contributed by atoms with E-state index < -0.39 is 65.2 Å². The maximum Gasteiger partial charge on any atom is 0.407 e. The molecule has 3 unspecified atom stereocenters. The first-order valence-electron chi connectivity index (χ1n) is 17.7. The van der Waals surface area contributed by atoms with Crippen LogP contribution in [0.1, 0.15) is 58.6 Å². The van der Waals surface area contributed by atoms with Gasteiger partial charge in [-0.05, 0) is 66.4 Å². The van der Waals surface area contributed by atoms with Crippen LogP contribution in [0.2, 0.25) is 0 Å². The molecule has 0 aromatic heterocycles. The van der Waals surface area contributed by atoms with Gasteiger partial charge in [0.25, 0.3) is 5.91 Å². The average molecular weight is 705 g/mol. The van der Waals surface area contributed by atoms with Crippen molar-refractivity contribution in [3.05, 3.63) is 48.0 Å². The van der Waals surface area contributed by atoms with Crippen LogP contribution in [0, 0.1) is 41.4 Å². The van der Waals surface area contributed by atoms with Gasteiger partial charge >= 0.3 is 12.1 Å². The molecular formula is C38H52N6O7. The molecule has 1 saturated heterocycles. The third-order valence-corrected chi connectivity index (χ3v) is 10.3. The maximum atomic E-state index is 14.7. The van der Waals surface area contributed by atoms with Gasteiger partial charge in [-0.1, -0.05) is 58.0 Å². The largest absolute Gasteiger partial charge is 0.447 e. The summed E-state index contributed by atoms with van der Waals surface area (Å²) in [5, 5.41) is 13.6. The number of ether oxygens (including phenoxy) is 1. The fourth-order valence-electron chi connectivity index (χ4n) is 7.24. The molecule has 13 heteroatoms. The molecule has 276 valence electrons. The monoisotopic (exact) mass is 704 g/mol. The van der Waals surface area contributed by atoms with Crippen molar-refractivity contribution >= 4 is 35.6 Å². The van der Waals surface area contributed by atoms with Crippen LogP contribution >= 0.6 is 0 Å². The van der Waals surface area contributed by atoms with Crippen molar-refractivity contribution in [3.8, 4) is 12.3 Å². The number of alkyl carbamates (subject to hydrolysis) is 1. The van der Waals surface area contributed by atoms with E-state index in [4.69, 9.17) is 11.2 Å². The summed E-state index contributed by atoms with van der Waals surface area (Å²) in [6.07, 6.45) is 7.58. The summed E-state index contributed by atoms with van der Waals surface area (Å²) in [5.74, 6) is -0.374. The molecule has 3 aliphatic rings. The van der Waals surface area contributed by atoms with Crippen LogP contribution in [-0.4, -0.2) is 90.9 Å². The van der Waals surface area contributed by atoms with Gasteiger partial charge in [-0.25, -0.2) is 9.59 Å². The molecule has 2 aliphatic carbocycles. The number of piperidine rings is 1. The normalized spacial score (nSPS) is 22.2. The number of nitrogens with zero attached hydrogens (tertiary/aromatic N) is 1. The van der Waals surface area contributed by atoms with Gasteiger partial charge in [-0.2, -0.15) is 0 Å². The first-order chi connectivity index (χ1) is 24.2. The Morgan fingerprint density at radius 2 is 1.73 bits per heavy atom. The van der Waals surface area contributed by atoms with Crippen molar-refractivity contribution < 1.29 is 33.5 Å². The number of nitrogens with one attached hydrogen (secondary N) is 5. The first-order valence-corrected chi connectivity index (χ1v) is 17.7. The summed E-state index contributed by atoms with van der Waals surface area (Å²) in [6, 6.07) is 3.62. The van der Waals surface area contributed by atoms with E-state index in [0.29, 0.717) is 25.9 Å². The highest BCUT2D eigenvalue weighted by atomic mass is 16.5. The van der Waals surface area contributed by atoms with E-state index in [1.807, 2.05) is 52.0 Å². The van der Waals surface area contributed by atoms with Crippen molar-refractivity contribution in [3.63, 3.8) is 0 Å². The minimum Gasteiger partial charge on any atom is -0.447 e. The van der Waals surface area contributed by atoms with E-state index in [9.17, 15) is 28.8 Å². The Hall–Kier alpha value is -4.86. The lowest BCUT2D eigenvalue weighted by atomic mass is 9.87. The second-order valence-electron chi connectivity index (χ2n) is 14.8. The van der Waals surface area contributed by atoms with Crippen LogP contribution in [0.5, 0.6) is 0 Å². The minimum absolute atomic E-state index is 0.0519. The lowest BCUT2D eigenvalue weighted by Gasteiger charge is -2.35. The van der Waals surface area contributed by atoms with Crippen molar-refractivity contribution in [2.75, 3.05) is 26.2 Å². The third-order valence-electron chi connectivity index (χ3n) is 10.3. The van der Waals surface area contributed by atoms with Gasteiger partial charge in [-0.3, -0.25) is 19.2 Å². The highest BCUT2D eigenvalue weighted by Crippen LogP contribution is 2.55. The summed E-state index contributed by atoms with van der Waals surface area (Å²) in [7, 11) is 0. The summed E-state index contributed by atoms with van der Waals surface area (Å²) in [6.45, 7) is 13.7. The summed E-state index contributed by atoms with van der Waals surface area (Å²) in [5.41, 5.74) is 1.67. The number of likely N-dealkylation sites (tertiary alicyclic amines) is 1. The molecule has 5 N–H and O–H groups in total. The molecule has 13 nitrogen and oxygen atoms in total. The number of Topliss-reactive ketones (excluding diaryl/α,β-unsaturated/α-hetero) is 1. The average Bonchev–Trinajstić information content (AvgIpc) is 3.41. The van der Waals surface area contributed by atoms with Gasteiger partial charge in [-0.15, -0.1) is 18.9 Å². The molecule has 4 rings (SSSR count). The highest BCUT2D eigenvalue weighted by Gasteiger charge is 2.63. The lowest BCUT2D eigenvalue weighted by Crippen LogP contribution is -2.61. The predicted molar refractivity (Wildman–Crippen MR) is 191 cm³/mol. The number of benzene rings is 1. The first kappa shape index (κ1) is 38.9. The van der Waals surface area contributed by atoms with Crippen molar-refractivity contribution in [1.29, 1.82) is 0 Å². The molecule has 1 heterocycles. The van der Waals surface area contributed by atoms with Gasteiger partial charge in [0.1, 0.15) is 18.7 Å². The zero-order valence-electron chi connectivity index (χ0n) is 30.3. The quantitative estimate of drug-likeness (QED) is 0.106. The fourth-order valence-corrected chi connectivity index (χ4v) is 7.24. The van der Waals surface area contributed by atoms with E-state index >= 15 is 0 Å². The van der Waals surface area contributed by atoms with E-state index in [-0.39, 0.29) is 49.7 Å². The number of carbonyl (C=O) groups is 6. The Balaban J connectivity index is 1.57. The Labute approximate surface area is 300 Å². The topological polar surface area (TPSA) is 175 Å². The van der Waals surface area contributed by atoms with Crippen molar-refractivity contribution in [2.45, 2.75) is 84.5 Å². The molecule has 51 heavy (non-hydrogen) atoms. The van der Waals surface area contributed by atoms with E-state index in [0.717, 1.165) is 11.1 Å². The van der Waals surface area contributed by atoms with E-state index in [1.54, 1.807) is 6.92 Å². The molecule has 6 amide bonds. The van der Waals surface area contributed by atoms with Crippen LogP contribution in [0.4, 0.5) is 9.59 Å². The molecule has 1 saturated carbocycles. The number of hydrogen-bond acceptors (Lipinski definition) is 7. The van der Waals surface area contributed by atoms with Crippen LogP contribution < -0.4 is 26.6 Å². The molecular weight excluding hydrogens is 652 g/mol. The smallest absolute Gasteiger partial charge is 0.407 e. The van der Waals surface area contributed by atoms with Crippen molar-refractivity contribution in [2.24, 2.45) is 29.1 Å². The number of carbonyl (C=O) groups excluding carboxylic acids is 6. The Morgan fingerprint density at radius 1 is 1.06 bits per heavy atom. The van der Waals surface area contributed by atoms with Crippen LogP contribution in [0.25, 0.3) is 0 Å². The second kappa shape index (κ2) is 16.9. The van der Waals surface area contributed by atoms with E-state index in [1.165, 1.54) is 11.0 Å². The summed E-state index contributed by atoms with van der Waals surface area (Å²) < 4.78 is 5.35. The summed E-state index contributed by atoms with van der Waals surface area (Å²) in [4.78, 5) is 81.5. The number of hydrogen-bond donors (Lipinski definition) is 5. The van der Waals surface area contributed by atoms with Gasteiger partial charge < -0.3 is 36.2 Å². The standard InChI is InChI=1S/C38H52N6O7/c1-8-11-16-27(32(45)34(47)40-17-9-2)41-33(46)31-29-22(4)26(29)20-44(31)35(48)30(25-18-23-14-12-13-15-24(23)19-25)43-36(49)42-28(38(5,6)7)21-51-37(50)39-10-3/h1,9,12-15,22,25-31H,2,10-11,16-21H2,3-7H3,(H,39,50)(H,40,47)(H,41,46)(H2,42,43,49)/t22?,26-,27?,28-,29+,30?,31+/m1/s1. The predicted octanol–water partition coefficient (Wildman–Crippen LogP) is 2.09. The van der Waals surface area contributed by atoms with Gasteiger partial charge in [0.2, 0.25) is 17.6 Å². The number of amides is 6.